The van der Waals surface area contributed by atoms with E-state index >= 15 is 0 Å². The predicted molar refractivity (Wildman–Crippen MR) is 95.3 cm³/mol. The molecule has 26 heavy (non-hydrogen) atoms. The van der Waals surface area contributed by atoms with Crippen molar-refractivity contribution in [1.82, 2.24) is 20.6 Å². The topological polar surface area (TPSA) is 106 Å². The number of aromatic nitrogens is 2. The Kier molecular flexibility index (Phi) is 5.34. The second kappa shape index (κ2) is 7.67. The van der Waals surface area contributed by atoms with Crippen molar-refractivity contribution in [3.63, 3.8) is 0 Å². The fourth-order valence-electron chi connectivity index (χ4n) is 2.74. The molecule has 1 saturated heterocycles. The minimum atomic E-state index is -0.874. The number of aliphatic hydroxyl groups is 1. The van der Waals surface area contributed by atoms with Gasteiger partial charge in [0.05, 0.1) is 25.9 Å². The van der Waals surface area contributed by atoms with E-state index in [1.807, 2.05) is 0 Å². The number of hydrogen-bond acceptors (Lipinski definition) is 7. The minimum Gasteiger partial charge on any atom is -0.481 e. The third kappa shape index (κ3) is 4.09. The van der Waals surface area contributed by atoms with Gasteiger partial charge >= 0.3 is 0 Å². The lowest BCUT2D eigenvalue weighted by Gasteiger charge is -2.21. The number of carbonyl (C=O) groups is 1. The number of nitrogens with zero attached hydrogens (tertiary/aromatic N) is 2. The molecule has 8 nitrogen and oxygen atoms in total. The zero-order chi connectivity index (χ0) is 18.6. The van der Waals surface area contributed by atoms with E-state index < -0.39 is 5.60 Å². The molecule has 138 valence electrons. The zero-order valence-corrected chi connectivity index (χ0v) is 14.8. The average molecular weight is 358 g/mol. The minimum absolute atomic E-state index is 0.219. The molecule has 0 aliphatic carbocycles. The van der Waals surface area contributed by atoms with Gasteiger partial charge in [-0.25, -0.2) is 0 Å². The van der Waals surface area contributed by atoms with Gasteiger partial charge in [-0.15, -0.1) is 0 Å². The molecule has 1 fully saturated rings. The van der Waals surface area contributed by atoms with Gasteiger partial charge in [-0.05, 0) is 25.1 Å². The van der Waals surface area contributed by atoms with Crippen LogP contribution in [0, 0.1) is 0 Å². The van der Waals surface area contributed by atoms with Crippen molar-refractivity contribution in [1.29, 1.82) is 0 Å². The molecular weight excluding hydrogens is 336 g/mol. The van der Waals surface area contributed by atoms with Crippen LogP contribution in [0.1, 0.15) is 16.8 Å². The molecule has 2 aromatic rings. The number of hydrogen-bond donors (Lipinski definition) is 3. The molecule has 8 heteroatoms. The smallest absolute Gasteiger partial charge is 0.251 e. The van der Waals surface area contributed by atoms with E-state index in [4.69, 9.17) is 9.47 Å². The summed E-state index contributed by atoms with van der Waals surface area (Å²) in [7, 11) is 3.04. The molecular formula is C18H22N4O4. The number of carbonyl (C=O) groups excluding carboxylic acids is 1. The van der Waals surface area contributed by atoms with Gasteiger partial charge in [-0.1, -0.05) is 12.1 Å². The van der Waals surface area contributed by atoms with Crippen LogP contribution in [0.3, 0.4) is 0 Å². The first-order chi connectivity index (χ1) is 12.5. The standard InChI is InChI=1S/C18H22N4O4/c1-25-14-9-15(26-2)22-16(21-14)12-3-5-13(6-4-12)17(23)20-11-18(24)7-8-19-10-18/h3-6,9,19,24H,7-8,10-11H2,1-2H3,(H,20,23)/t18-/m1/s1. The first kappa shape index (κ1) is 18.1. The fraction of sp³-hybridized carbons (Fsp3) is 0.389. The molecule has 1 atom stereocenters. The molecule has 1 aliphatic heterocycles. The van der Waals surface area contributed by atoms with E-state index in [9.17, 15) is 9.90 Å². The highest BCUT2D eigenvalue weighted by Crippen LogP contribution is 2.23. The molecule has 0 spiro atoms. The molecule has 1 aromatic carbocycles. The highest BCUT2D eigenvalue weighted by atomic mass is 16.5. The molecule has 1 aromatic heterocycles. The number of methoxy groups -OCH3 is 2. The Hall–Kier alpha value is -2.71. The lowest BCUT2D eigenvalue weighted by molar-refractivity contribution is 0.0562. The zero-order valence-electron chi connectivity index (χ0n) is 14.8. The Morgan fingerprint density at radius 2 is 1.88 bits per heavy atom. The molecule has 3 rings (SSSR count). The lowest BCUT2D eigenvalue weighted by Crippen LogP contribution is -2.44. The third-order valence-corrected chi connectivity index (χ3v) is 4.30. The normalized spacial score (nSPS) is 19.2. The van der Waals surface area contributed by atoms with Gasteiger partial charge in [0.1, 0.15) is 0 Å². The first-order valence-corrected chi connectivity index (χ1v) is 8.32. The van der Waals surface area contributed by atoms with Gasteiger partial charge in [0.15, 0.2) is 5.82 Å². The van der Waals surface area contributed by atoms with Gasteiger partial charge < -0.3 is 25.2 Å². The number of benzene rings is 1. The van der Waals surface area contributed by atoms with E-state index in [0.717, 1.165) is 12.1 Å². The second-order valence-electron chi connectivity index (χ2n) is 6.19. The van der Waals surface area contributed by atoms with Crippen molar-refractivity contribution in [3.8, 4) is 23.1 Å². The summed E-state index contributed by atoms with van der Waals surface area (Å²) in [5.74, 6) is 1.000. The predicted octanol–water partition coefficient (Wildman–Crippen LogP) is 0.615. The Morgan fingerprint density at radius 1 is 1.23 bits per heavy atom. The fourth-order valence-corrected chi connectivity index (χ4v) is 2.74. The molecule has 0 radical (unpaired) electrons. The van der Waals surface area contributed by atoms with Gasteiger partial charge in [0.2, 0.25) is 11.8 Å². The molecule has 0 saturated carbocycles. The number of nitrogens with one attached hydrogen (secondary N) is 2. The summed E-state index contributed by atoms with van der Waals surface area (Å²) >= 11 is 0. The summed E-state index contributed by atoms with van der Waals surface area (Å²) in [4.78, 5) is 20.9. The Labute approximate surface area is 151 Å². The third-order valence-electron chi connectivity index (χ3n) is 4.30. The molecule has 1 aliphatic rings. The summed E-state index contributed by atoms with van der Waals surface area (Å²) in [5.41, 5.74) is 0.358. The van der Waals surface area contributed by atoms with E-state index in [-0.39, 0.29) is 12.5 Å². The van der Waals surface area contributed by atoms with Crippen LogP contribution in [0.25, 0.3) is 11.4 Å². The van der Waals surface area contributed by atoms with Crippen LogP contribution in [0.15, 0.2) is 30.3 Å². The van der Waals surface area contributed by atoms with Crippen molar-refractivity contribution < 1.29 is 19.4 Å². The van der Waals surface area contributed by atoms with Crippen LogP contribution in [0.2, 0.25) is 0 Å². The highest BCUT2D eigenvalue weighted by molar-refractivity contribution is 5.94. The SMILES string of the molecule is COc1cc(OC)nc(-c2ccc(C(=O)NC[C@@]3(O)CCNC3)cc2)n1. The van der Waals surface area contributed by atoms with E-state index in [2.05, 4.69) is 20.6 Å². The van der Waals surface area contributed by atoms with Crippen LogP contribution in [0.4, 0.5) is 0 Å². The van der Waals surface area contributed by atoms with Crippen molar-refractivity contribution in [3.05, 3.63) is 35.9 Å². The Balaban J connectivity index is 1.71. The first-order valence-electron chi connectivity index (χ1n) is 8.32. The van der Waals surface area contributed by atoms with Crippen LogP contribution >= 0.6 is 0 Å². The van der Waals surface area contributed by atoms with Crippen molar-refractivity contribution in [2.45, 2.75) is 12.0 Å². The monoisotopic (exact) mass is 358 g/mol. The quantitative estimate of drug-likeness (QED) is 0.695. The number of ether oxygens (including phenoxy) is 2. The highest BCUT2D eigenvalue weighted by Gasteiger charge is 2.31. The van der Waals surface area contributed by atoms with Crippen LogP contribution < -0.4 is 20.1 Å². The maximum absolute atomic E-state index is 12.3. The number of β-amino-alcohol motifs (C(OH)–C–C–N with tert-alkyl or cyclic N) is 1. The van der Waals surface area contributed by atoms with Gasteiger partial charge in [0, 0.05) is 24.2 Å². The van der Waals surface area contributed by atoms with Crippen LogP contribution in [-0.2, 0) is 0 Å². The molecule has 2 heterocycles. The van der Waals surface area contributed by atoms with Gasteiger partial charge in [0.25, 0.3) is 5.91 Å². The number of amides is 1. The van der Waals surface area contributed by atoms with Crippen LogP contribution in [-0.4, -0.2) is 60.4 Å². The Bertz CT molecular complexity index is 751. The van der Waals surface area contributed by atoms with Gasteiger partial charge in [-0.2, -0.15) is 9.97 Å². The summed E-state index contributed by atoms with van der Waals surface area (Å²) in [5, 5.41) is 16.1. The van der Waals surface area contributed by atoms with E-state index in [1.165, 1.54) is 14.2 Å². The largest absolute Gasteiger partial charge is 0.481 e. The summed E-state index contributed by atoms with van der Waals surface area (Å²) in [6, 6.07) is 8.49. The molecule has 1 amide bonds. The molecule has 0 bridgehead atoms. The van der Waals surface area contributed by atoms with E-state index in [0.29, 0.717) is 36.1 Å². The molecule has 3 N–H and O–H groups in total. The van der Waals surface area contributed by atoms with E-state index in [1.54, 1.807) is 30.3 Å². The summed E-state index contributed by atoms with van der Waals surface area (Å²) < 4.78 is 10.3. The van der Waals surface area contributed by atoms with Crippen molar-refractivity contribution in [2.24, 2.45) is 0 Å². The Morgan fingerprint density at radius 3 is 2.42 bits per heavy atom. The van der Waals surface area contributed by atoms with Crippen molar-refractivity contribution >= 4 is 5.91 Å². The average Bonchev–Trinajstić information content (AvgIpc) is 3.12. The summed E-state index contributed by atoms with van der Waals surface area (Å²) in [6.45, 7) is 1.46. The lowest BCUT2D eigenvalue weighted by atomic mass is 10.0. The maximum Gasteiger partial charge on any atom is 0.251 e. The van der Waals surface area contributed by atoms with Crippen molar-refractivity contribution in [2.75, 3.05) is 33.9 Å². The summed E-state index contributed by atoms with van der Waals surface area (Å²) in [6.07, 6.45) is 0.626. The molecule has 0 unspecified atom stereocenters. The number of rotatable bonds is 6. The van der Waals surface area contributed by atoms with Crippen LogP contribution in [0.5, 0.6) is 11.8 Å². The second-order valence-corrected chi connectivity index (χ2v) is 6.19. The maximum atomic E-state index is 12.3. The van der Waals surface area contributed by atoms with Gasteiger partial charge in [-0.3, -0.25) is 4.79 Å².